The lowest BCUT2D eigenvalue weighted by Crippen LogP contribution is -2.46. The van der Waals surface area contributed by atoms with E-state index in [2.05, 4.69) is 17.6 Å². The summed E-state index contributed by atoms with van der Waals surface area (Å²) in [5.41, 5.74) is 0. The highest BCUT2D eigenvalue weighted by Crippen LogP contribution is 2.24. The smallest absolute Gasteiger partial charge is 0.191 e. The van der Waals surface area contributed by atoms with Crippen LogP contribution in [0.15, 0.2) is 4.99 Å². The van der Waals surface area contributed by atoms with Gasteiger partial charge in [-0.15, -0.1) is 24.0 Å². The molecule has 0 bridgehead atoms. The van der Waals surface area contributed by atoms with Crippen LogP contribution in [0.1, 0.15) is 51.9 Å². The first-order valence-corrected chi connectivity index (χ1v) is 11.7. The fraction of sp³-hybridized carbons (Fsp3) is 0.944. The summed E-state index contributed by atoms with van der Waals surface area (Å²) in [5, 5.41) is 7.00. The van der Waals surface area contributed by atoms with Crippen LogP contribution < -0.4 is 10.6 Å². The van der Waals surface area contributed by atoms with Gasteiger partial charge >= 0.3 is 0 Å². The fourth-order valence-corrected chi connectivity index (χ4v) is 5.95. The molecule has 3 fully saturated rings. The summed E-state index contributed by atoms with van der Waals surface area (Å²) < 4.78 is 29.1. The Balaban J connectivity index is 0.00000243. The van der Waals surface area contributed by atoms with E-state index in [1.54, 1.807) is 0 Å². The first kappa shape index (κ1) is 22.2. The molecule has 6 nitrogen and oxygen atoms in total. The van der Waals surface area contributed by atoms with Crippen molar-refractivity contribution in [3.05, 3.63) is 0 Å². The van der Waals surface area contributed by atoms with Gasteiger partial charge in [-0.05, 0) is 56.8 Å². The van der Waals surface area contributed by atoms with E-state index in [1.807, 2.05) is 0 Å². The van der Waals surface area contributed by atoms with E-state index in [-0.39, 0.29) is 41.8 Å². The maximum atomic E-state index is 11.6. The monoisotopic (exact) mass is 499 g/mol. The van der Waals surface area contributed by atoms with Crippen LogP contribution in [0.25, 0.3) is 0 Å². The molecular formula is C18H34IN3O3S. The molecule has 0 spiro atoms. The minimum atomic E-state index is -2.83. The molecular weight excluding hydrogens is 465 g/mol. The van der Waals surface area contributed by atoms with Crippen LogP contribution in [-0.2, 0) is 14.6 Å². The van der Waals surface area contributed by atoms with Gasteiger partial charge in [0, 0.05) is 25.7 Å². The molecule has 2 heterocycles. The molecule has 2 saturated heterocycles. The van der Waals surface area contributed by atoms with E-state index >= 15 is 0 Å². The first-order valence-electron chi connectivity index (χ1n) is 9.87. The second kappa shape index (κ2) is 10.5. The molecule has 3 rings (SSSR count). The van der Waals surface area contributed by atoms with Gasteiger partial charge in [0.25, 0.3) is 0 Å². The van der Waals surface area contributed by atoms with Crippen LogP contribution in [0, 0.1) is 11.8 Å². The number of nitrogens with one attached hydrogen (secondary N) is 2. The van der Waals surface area contributed by atoms with Crippen molar-refractivity contribution < 1.29 is 13.2 Å². The summed E-state index contributed by atoms with van der Waals surface area (Å²) in [5.74, 6) is 2.37. The lowest BCUT2D eigenvalue weighted by Gasteiger charge is -2.25. The summed E-state index contributed by atoms with van der Waals surface area (Å²) in [7, 11) is -2.83. The molecule has 0 aromatic rings. The minimum Gasteiger partial charge on any atom is -0.376 e. The highest BCUT2D eigenvalue weighted by Gasteiger charge is 2.28. The number of sulfone groups is 1. The number of guanidine groups is 1. The summed E-state index contributed by atoms with van der Waals surface area (Å²) in [6.07, 6.45) is 8.11. The molecule has 152 valence electrons. The standard InChI is InChI=1S/C18H33N3O3S.HI/c1-14-5-6-16(10-14)21-18(20-12-17-4-2-3-8-24-17)19-11-15-7-9-25(22,23)13-15;/h14-17H,2-13H2,1H3,(H2,19,20,21);1H. The van der Waals surface area contributed by atoms with E-state index in [1.165, 1.54) is 25.7 Å². The molecule has 4 atom stereocenters. The van der Waals surface area contributed by atoms with Gasteiger partial charge in [-0.1, -0.05) is 6.92 Å². The van der Waals surface area contributed by atoms with E-state index in [9.17, 15) is 8.42 Å². The Hall–Kier alpha value is -0.0900. The van der Waals surface area contributed by atoms with Gasteiger partial charge in [0.05, 0.1) is 17.6 Å². The van der Waals surface area contributed by atoms with Crippen molar-refractivity contribution in [2.24, 2.45) is 16.8 Å². The van der Waals surface area contributed by atoms with Crippen LogP contribution in [0.2, 0.25) is 0 Å². The minimum absolute atomic E-state index is 0. The molecule has 4 unspecified atom stereocenters. The predicted molar refractivity (Wildman–Crippen MR) is 116 cm³/mol. The van der Waals surface area contributed by atoms with Crippen molar-refractivity contribution >= 4 is 39.8 Å². The zero-order valence-corrected chi connectivity index (χ0v) is 18.9. The first-order chi connectivity index (χ1) is 12.0. The highest BCUT2D eigenvalue weighted by atomic mass is 127. The highest BCUT2D eigenvalue weighted by molar-refractivity contribution is 14.0. The number of hydrogen-bond acceptors (Lipinski definition) is 4. The van der Waals surface area contributed by atoms with E-state index in [0.29, 0.717) is 18.3 Å². The maximum Gasteiger partial charge on any atom is 0.191 e. The van der Waals surface area contributed by atoms with Crippen molar-refractivity contribution in [3.8, 4) is 0 Å². The Morgan fingerprint density at radius 3 is 2.65 bits per heavy atom. The van der Waals surface area contributed by atoms with E-state index in [0.717, 1.165) is 44.3 Å². The average molecular weight is 499 g/mol. The second-order valence-corrected chi connectivity index (χ2v) is 10.3. The second-order valence-electron chi connectivity index (χ2n) is 8.09. The van der Waals surface area contributed by atoms with E-state index < -0.39 is 9.84 Å². The number of aliphatic imine (C=N–C) groups is 1. The average Bonchev–Trinajstić information content (AvgIpc) is 3.16. The number of ether oxygens (including phenoxy) is 1. The lowest BCUT2D eigenvalue weighted by molar-refractivity contribution is 0.0194. The molecule has 1 saturated carbocycles. The fourth-order valence-electron chi connectivity index (χ4n) is 4.10. The molecule has 0 amide bonds. The number of hydrogen-bond donors (Lipinski definition) is 2. The molecule has 8 heteroatoms. The molecule has 0 radical (unpaired) electrons. The van der Waals surface area contributed by atoms with Crippen LogP contribution in [0.3, 0.4) is 0 Å². The van der Waals surface area contributed by atoms with Crippen molar-refractivity contribution in [1.82, 2.24) is 10.6 Å². The van der Waals surface area contributed by atoms with Crippen molar-refractivity contribution in [2.45, 2.75) is 64.0 Å². The molecule has 3 aliphatic rings. The molecule has 2 aliphatic heterocycles. The maximum absolute atomic E-state index is 11.6. The van der Waals surface area contributed by atoms with Gasteiger partial charge in [0.15, 0.2) is 15.8 Å². The van der Waals surface area contributed by atoms with Crippen molar-refractivity contribution in [1.29, 1.82) is 0 Å². The molecule has 26 heavy (non-hydrogen) atoms. The van der Waals surface area contributed by atoms with Gasteiger partial charge in [-0.25, -0.2) is 8.42 Å². The summed E-state index contributed by atoms with van der Waals surface area (Å²) >= 11 is 0. The molecule has 0 aromatic carbocycles. The van der Waals surface area contributed by atoms with Crippen LogP contribution >= 0.6 is 24.0 Å². The van der Waals surface area contributed by atoms with Crippen LogP contribution in [-0.4, -0.2) is 57.7 Å². The van der Waals surface area contributed by atoms with Crippen LogP contribution in [0.4, 0.5) is 0 Å². The Morgan fingerprint density at radius 1 is 1.19 bits per heavy atom. The van der Waals surface area contributed by atoms with Gasteiger partial charge in [0.1, 0.15) is 0 Å². The Kier molecular flexibility index (Phi) is 8.93. The normalized spacial score (nSPS) is 34.3. The Morgan fingerprint density at radius 2 is 2.04 bits per heavy atom. The zero-order chi connectivity index (χ0) is 17.7. The predicted octanol–water partition coefficient (Wildman–Crippen LogP) is 2.33. The third kappa shape index (κ3) is 7.14. The van der Waals surface area contributed by atoms with Gasteiger partial charge in [-0.2, -0.15) is 0 Å². The van der Waals surface area contributed by atoms with Crippen molar-refractivity contribution in [2.75, 3.05) is 31.2 Å². The quantitative estimate of drug-likeness (QED) is 0.345. The molecule has 0 aromatic heterocycles. The summed E-state index contributed by atoms with van der Waals surface area (Å²) in [4.78, 5) is 4.72. The third-order valence-electron chi connectivity index (χ3n) is 5.64. The zero-order valence-electron chi connectivity index (χ0n) is 15.8. The Labute approximate surface area is 175 Å². The largest absolute Gasteiger partial charge is 0.376 e. The summed E-state index contributed by atoms with van der Waals surface area (Å²) in [6, 6.07) is 0.473. The summed E-state index contributed by atoms with van der Waals surface area (Å²) in [6.45, 7) is 4.51. The number of nitrogens with zero attached hydrogens (tertiary/aromatic N) is 1. The number of halogens is 1. The third-order valence-corrected chi connectivity index (χ3v) is 7.48. The molecule has 2 N–H and O–H groups in total. The SMILES string of the molecule is CC1CCC(NC(=NCC2CCS(=O)(=O)C2)NCC2CCCCO2)C1.I. The van der Waals surface area contributed by atoms with Gasteiger partial charge in [-0.3, -0.25) is 4.99 Å². The topological polar surface area (TPSA) is 79.8 Å². The van der Waals surface area contributed by atoms with Crippen LogP contribution in [0.5, 0.6) is 0 Å². The van der Waals surface area contributed by atoms with Gasteiger partial charge < -0.3 is 15.4 Å². The van der Waals surface area contributed by atoms with E-state index in [4.69, 9.17) is 9.73 Å². The molecule has 1 aliphatic carbocycles. The van der Waals surface area contributed by atoms with Gasteiger partial charge in [0.2, 0.25) is 0 Å². The van der Waals surface area contributed by atoms with Crippen molar-refractivity contribution in [3.63, 3.8) is 0 Å². The Bertz CT molecular complexity index is 564. The lowest BCUT2D eigenvalue weighted by atomic mass is 10.1. The number of rotatable bonds is 5.